The maximum atomic E-state index is 11.9. The average molecular weight is 279 g/mol. The molecule has 0 aliphatic carbocycles. The van der Waals surface area contributed by atoms with Crippen molar-refractivity contribution in [2.75, 3.05) is 19.8 Å². The van der Waals surface area contributed by atoms with E-state index in [9.17, 15) is 9.59 Å². The summed E-state index contributed by atoms with van der Waals surface area (Å²) in [4.78, 5) is 23.0. The largest absolute Gasteiger partial charge is 0.493 e. The Morgan fingerprint density at radius 2 is 2.05 bits per heavy atom. The molecule has 0 spiro atoms. The zero-order valence-electron chi connectivity index (χ0n) is 12.1. The van der Waals surface area contributed by atoms with E-state index < -0.39 is 5.97 Å². The molecule has 0 aromatic heterocycles. The van der Waals surface area contributed by atoms with E-state index in [4.69, 9.17) is 9.47 Å². The van der Waals surface area contributed by atoms with Crippen molar-refractivity contribution in [2.24, 2.45) is 5.92 Å². The van der Waals surface area contributed by atoms with Crippen LogP contribution in [-0.2, 0) is 9.53 Å². The van der Waals surface area contributed by atoms with Gasteiger partial charge in [0, 0.05) is 5.56 Å². The third-order valence-corrected chi connectivity index (χ3v) is 2.38. The van der Waals surface area contributed by atoms with Gasteiger partial charge in [0.05, 0.1) is 13.2 Å². The summed E-state index contributed by atoms with van der Waals surface area (Å²) < 4.78 is 10.3. The SMILES string of the molecule is CCOC(=O)CNC(=O)c1cccc(OCC(C)C)c1. The molecule has 0 bridgehead atoms. The van der Waals surface area contributed by atoms with Crippen molar-refractivity contribution < 1.29 is 19.1 Å². The van der Waals surface area contributed by atoms with Gasteiger partial charge >= 0.3 is 5.97 Å². The van der Waals surface area contributed by atoms with Crippen LogP contribution in [0.25, 0.3) is 0 Å². The molecule has 1 aromatic rings. The molecule has 0 fully saturated rings. The smallest absolute Gasteiger partial charge is 0.325 e. The number of benzene rings is 1. The fourth-order valence-electron chi connectivity index (χ4n) is 1.46. The van der Waals surface area contributed by atoms with Gasteiger partial charge in [-0.1, -0.05) is 19.9 Å². The number of ether oxygens (including phenoxy) is 2. The summed E-state index contributed by atoms with van der Waals surface area (Å²) in [6, 6.07) is 6.87. The molecule has 1 N–H and O–H groups in total. The second-order valence-corrected chi connectivity index (χ2v) is 4.72. The van der Waals surface area contributed by atoms with E-state index in [0.717, 1.165) is 0 Å². The van der Waals surface area contributed by atoms with Crippen molar-refractivity contribution in [2.45, 2.75) is 20.8 Å². The van der Waals surface area contributed by atoms with Crippen LogP contribution < -0.4 is 10.1 Å². The fraction of sp³-hybridized carbons (Fsp3) is 0.467. The van der Waals surface area contributed by atoms with Gasteiger partial charge in [-0.05, 0) is 31.0 Å². The summed E-state index contributed by atoms with van der Waals surface area (Å²) in [5, 5.41) is 2.51. The van der Waals surface area contributed by atoms with Crippen LogP contribution in [0.5, 0.6) is 5.75 Å². The lowest BCUT2D eigenvalue weighted by molar-refractivity contribution is -0.141. The predicted molar refractivity (Wildman–Crippen MR) is 75.7 cm³/mol. The lowest BCUT2D eigenvalue weighted by atomic mass is 10.2. The summed E-state index contributed by atoms with van der Waals surface area (Å²) in [6.45, 7) is 6.58. The summed E-state index contributed by atoms with van der Waals surface area (Å²) in [7, 11) is 0. The van der Waals surface area contributed by atoms with Gasteiger partial charge in [-0.25, -0.2) is 0 Å². The van der Waals surface area contributed by atoms with Gasteiger partial charge in [-0.3, -0.25) is 9.59 Å². The minimum absolute atomic E-state index is 0.135. The van der Waals surface area contributed by atoms with Crippen LogP contribution in [0.4, 0.5) is 0 Å². The van der Waals surface area contributed by atoms with Crippen molar-refractivity contribution in [3.05, 3.63) is 29.8 Å². The fourth-order valence-corrected chi connectivity index (χ4v) is 1.46. The number of hydrogen-bond donors (Lipinski definition) is 1. The first-order valence-electron chi connectivity index (χ1n) is 6.69. The van der Waals surface area contributed by atoms with Crippen LogP contribution in [0.1, 0.15) is 31.1 Å². The standard InChI is InChI=1S/C15H21NO4/c1-4-19-14(17)9-16-15(18)12-6-5-7-13(8-12)20-10-11(2)3/h5-8,11H,4,9-10H2,1-3H3,(H,16,18). The van der Waals surface area contributed by atoms with Crippen LogP contribution in [0.2, 0.25) is 0 Å². The second kappa shape index (κ2) is 8.19. The minimum Gasteiger partial charge on any atom is -0.493 e. The molecule has 5 nitrogen and oxygen atoms in total. The molecule has 0 unspecified atom stereocenters. The van der Waals surface area contributed by atoms with E-state index in [1.807, 2.05) is 0 Å². The van der Waals surface area contributed by atoms with Crippen molar-refractivity contribution in [1.29, 1.82) is 0 Å². The molecule has 0 radical (unpaired) electrons. The summed E-state index contributed by atoms with van der Waals surface area (Å²) in [6.07, 6.45) is 0. The Morgan fingerprint density at radius 3 is 2.70 bits per heavy atom. The van der Waals surface area contributed by atoms with Gasteiger partial charge in [0.25, 0.3) is 5.91 Å². The van der Waals surface area contributed by atoms with Crippen LogP contribution in [0.15, 0.2) is 24.3 Å². The lowest BCUT2D eigenvalue weighted by Crippen LogP contribution is -2.30. The third-order valence-electron chi connectivity index (χ3n) is 2.38. The molecule has 0 saturated carbocycles. The van der Waals surface area contributed by atoms with E-state index in [1.165, 1.54) is 0 Å². The van der Waals surface area contributed by atoms with Gasteiger partial charge in [0.15, 0.2) is 0 Å². The molecule has 0 saturated heterocycles. The summed E-state index contributed by atoms with van der Waals surface area (Å²) in [5.41, 5.74) is 0.454. The van der Waals surface area contributed by atoms with Gasteiger partial charge in [0.1, 0.15) is 12.3 Å². The first-order valence-corrected chi connectivity index (χ1v) is 6.69. The molecular weight excluding hydrogens is 258 g/mol. The molecule has 1 aromatic carbocycles. The first-order chi connectivity index (χ1) is 9.52. The lowest BCUT2D eigenvalue weighted by Gasteiger charge is -2.10. The Labute approximate surface area is 119 Å². The third kappa shape index (κ3) is 5.73. The molecule has 0 heterocycles. The Balaban J connectivity index is 2.55. The number of carbonyl (C=O) groups excluding carboxylic acids is 2. The molecular formula is C15H21NO4. The van der Waals surface area contributed by atoms with Crippen LogP contribution >= 0.6 is 0 Å². The zero-order valence-corrected chi connectivity index (χ0v) is 12.1. The number of carbonyl (C=O) groups is 2. The molecule has 20 heavy (non-hydrogen) atoms. The van der Waals surface area contributed by atoms with Crippen molar-refractivity contribution in [1.82, 2.24) is 5.32 Å². The monoisotopic (exact) mass is 279 g/mol. The summed E-state index contributed by atoms with van der Waals surface area (Å²) in [5.74, 6) is 0.278. The van der Waals surface area contributed by atoms with Gasteiger partial charge < -0.3 is 14.8 Å². The van der Waals surface area contributed by atoms with E-state index >= 15 is 0 Å². The Bertz CT molecular complexity index is 457. The topological polar surface area (TPSA) is 64.6 Å². The normalized spacial score (nSPS) is 10.2. The highest BCUT2D eigenvalue weighted by molar-refractivity contribution is 5.96. The van der Waals surface area contributed by atoms with E-state index in [1.54, 1.807) is 31.2 Å². The van der Waals surface area contributed by atoms with Crippen molar-refractivity contribution in [3.63, 3.8) is 0 Å². The molecule has 110 valence electrons. The van der Waals surface area contributed by atoms with Crippen molar-refractivity contribution >= 4 is 11.9 Å². The van der Waals surface area contributed by atoms with Crippen molar-refractivity contribution in [3.8, 4) is 5.75 Å². The van der Waals surface area contributed by atoms with Crippen LogP contribution in [0.3, 0.4) is 0 Å². The van der Waals surface area contributed by atoms with Gasteiger partial charge in [-0.2, -0.15) is 0 Å². The maximum absolute atomic E-state index is 11.9. The zero-order chi connectivity index (χ0) is 15.0. The molecule has 0 aliphatic rings. The van der Waals surface area contributed by atoms with E-state index in [-0.39, 0.29) is 12.5 Å². The number of hydrogen-bond acceptors (Lipinski definition) is 4. The van der Waals surface area contributed by atoms with E-state index in [0.29, 0.717) is 30.4 Å². The second-order valence-electron chi connectivity index (χ2n) is 4.72. The number of amides is 1. The molecule has 1 amide bonds. The molecule has 1 rings (SSSR count). The highest BCUT2D eigenvalue weighted by Gasteiger charge is 2.09. The Hall–Kier alpha value is -2.04. The van der Waals surface area contributed by atoms with E-state index in [2.05, 4.69) is 19.2 Å². The van der Waals surface area contributed by atoms with Gasteiger partial charge in [-0.15, -0.1) is 0 Å². The molecule has 5 heteroatoms. The molecule has 0 aliphatic heterocycles. The average Bonchev–Trinajstić information content (AvgIpc) is 2.43. The number of esters is 1. The van der Waals surface area contributed by atoms with Crippen LogP contribution in [0, 0.1) is 5.92 Å². The minimum atomic E-state index is -0.451. The Kier molecular flexibility index (Phi) is 6.56. The Morgan fingerprint density at radius 1 is 1.30 bits per heavy atom. The highest BCUT2D eigenvalue weighted by Crippen LogP contribution is 2.14. The highest BCUT2D eigenvalue weighted by atomic mass is 16.5. The predicted octanol–water partition coefficient (Wildman–Crippen LogP) is 2.01. The first kappa shape index (κ1) is 16.0. The maximum Gasteiger partial charge on any atom is 0.325 e. The quantitative estimate of drug-likeness (QED) is 0.775. The number of nitrogens with one attached hydrogen (secondary N) is 1. The summed E-state index contributed by atoms with van der Waals surface area (Å²) >= 11 is 0. The van der Waals surface area contributed by atoms with Gasteiger partial charge in [0.2, 0.25) is 0 Å². The molecule has 0 atom stereocenters. The van der Waals surface area contributed by atoms with Crippen LogP contribution in [-0.4, -0.2) is 31.6 Å². The number of rotatable bonds is 7.